The number of aryl methyl sites for hydroxylation is 1. The minimum absolute atomic E-state index is 0.279. The van der Waals surface area contributed by atoms with Gasteiger partial charge < -0.3 is 20.0 Å². The largest absolute Gasteiger partial charge is 0.481 e. The normalized spacial score (nSPS) is 22.2. The van der Waals surface area contributed by atoms with Gasteiger partial charge in [0.05, 0.1) is 12.0 Å². The number of anilines is 2. The Hall–Kier alpha value is -1.89. The van der Waals surface area contributed by atoms with Gasteiger partial charge >= 0.3 is 5.97 Å². The molecule has 0 bridgehead atoms. The smallest absolute Gasteiger partial charge is 0.309 e. The topological polar surface area (TPSA) is 89.8 Å². The number of aliphatic hydroxyl groups is 1. The van der Waals surface area contributed by atoms with Crippen LogP contribution < -0.4 is 9.80 Å². The van der Waals surface area contributed by atoms with Crippen LogP contribution in [0, 0.1) is 19.8 Å². The first-order chi connectivity index (χ1) is 9.81. The van der Waals surface area contributed by atoms with E-state index in [1.165, 1.54) is 0 Å². The van der Waals surface area contributed by atoms with Crippen molar-refractivity contribution in [3.8, 4) is 0 Å². The molecule has 0 aromatic carbocycles. The van der Waals surface area contributed by atoms with E-state index in [0.717, 1.165) is 17.1 Å². The van der Waals surface area contributed by atoms with E-state index in [4.69, 9.17) is 5.11 Å². The number of β-amino-alcohol motifs (C(OH)–C–C–N with tert-alkyl or cyclic N) is 1. The minimum Gasteiger partial charge on any atom is -0.481 e. The molecule has 0 spiro atoms. The lowest BCUT2D eigenvalue weighted by Gasteiger charge is -2.35. The lowest BCUT2D eigenvalue weighted by atomic mass is 9.94. The molecule has 0 radical (unpaired) electrons. The second kappa shape index (κ2) is 5.85. The van der Waals surface area contributed by atoms with Crippen molar-refractivity contribution < 1.29 is 15.0 Å². The Kier molecular flexibility index (Phi) is 4.32. The van der Waals surface area contributed by atoms with Gasteiger partial charge in [-0.15, -0.1) is 0 Å². The third kappa shape index (κ3) is 3.07. The zero-order chi connectivity index (χ0) is 15.7. The van der Waals surface area contributed by atoms with E-state index in [9.17, 15) is 9.90 Å². The first kappa shape index (κ1) is 15.5. The number of aliphatic carboxylic acids is 1. The van der Waals surface area contributed by atoms with Crippen LogP contribution in [0.1, 0.15) is 17.7 Å². The number of aliphatic hydroxyl groups excluding tert-OH is 1. The fourth-order valence-electron chi connectivity index (χ4n) is 2.52. The summed E-state index contributed by atoms with van der Waals surface area (Å²) in [6.07, 6.45) is -0.468. The first-order valence-corrected chi connectivity index (χ1v) is 6.99. The molecule has 1 aliphatic rings. The van der Waals surface area contributed by atoms with Crippen molar-refractivity contribution in [2.45, 2.75) is 26.4 Å². The van der Waals surface area contributed by atoms with Gasteiger partial charge in [-0.25, -0.2) is 4.98 Å². The number of hydrogen-bond acceptors (Lipinski definition) is 6. The summed E-state index contributed by atoms with van der Waals surface area (Å²) in [5, 5.41) is 19.1. The second-order valence-corrected chi connectivity index (χ2v) is 5.70. The molecular weight excluding hydrogens is 272 g/mol. The molecular formula is C14H22N4O3. The molecule has 7 heteroatoms. The Balaban J connectivity index is 2.29. The maximum atomic E-state index is 11.1. The van der Waals surface area contributed by atoms with Gasteiger partial charge in [-0.1, -0.05) is 0 Å². The predicted octanol–water partition coefficient (Wildman–Crippen LogP) is 0.431. The zero-order valence-electron chi connectivity index (χ0n) is 12.9. The van der Waals surface area contributed by atoms with Crippen molar-refractivity contribution >= 4 is 17.7 Å². The number of carboxylic acid groups (broad SMARTS) is 1. The summed E-state index contributed by atoms with van der Waals surface area (Å²) in [5.41, 5.74) is 1.85. The van der Waals surface area contributed by atoms with Gasteiger partial charge in [0.2, 0.25) is 5.95 Å². The highest BCUT2D eigenvalue weighted by atomic mass is 16.4. The molecule has 2 N–H and O–H groups in total. The zero-order valence-corrected chi connectivity index (χ0v) is 12.9. The van der Waals surface area contributed by atoms with Crippen LogP contribution in [0.5, 0.6) is 0 Å². The fourth-order valence-corrected chi connectivity index (χ4v) is 2.52. The molecule has 1 aliphatic heterocycles. The summed E-state index contributed by atoms with van der Waals surface area (Å²) in [7, 11) is 3.75. The molecule has 0 aliphatic carbocycles. The molecule has 7 nitrogen and oxygen atoms in total. The number of carboxylic acids is 1. The van der Waals surface area contributed by atoms with Crippen molar-refractivity contribution in [2.75, 3.05) is 37.0 Å². The molecule has 116 valence electrons. The van der Waals surface area contributed by atoms with Crippen LogP contribution >= 0.6 is 0 Å². The summed E-state index contributed by atoms with van der Waals surface area (Å²) in [6, 6.07) is 0. The van der Waals surface area contributed by atoms with Crippen molar-refractivity contribution in [1.82, 2.24) is 9.97 Å². The third-order valence-electron chi connectivity index (χ3n) is 3.95. The minimum atomic E-state index is -0.938. The highest BCUT2D eigenvalue weighted by molar-refractivity contribution is 5.71. The molecule has 2 heterocycles. The Labute approximate surface area is 124 Å². The van der Waals surface area contributed by atoms with Gasteiger partial charge in [-0.2, -0.15) is 4.98 Å². The van der Waals surface area contributed by atoms with Crippen molar-refractivity contribution in [1.29, 1.82) is 0 Å². The van der Waals surface area contributed by atoms with Gasteiger partial charge in [0.1, 0.15) is 5.82 Å². The average Bonchev–Trinajstić information content (AvgIpc) is 2.40. The van der Waals surface area contributed by atoms with Crippen LogP contribution in [0.4, 0.5) is 11.8 Å². The van der Waals surface area contributed by atoms with E-state index >= 15 is 0 Å². The number of hydrogen-bond donors (Lipinski definition) is 2. The van der Waals surface area contributed by atoms with E-state index in [-0.39, 0.29) is 6.54 Å². The molecule has 1 fully saturated rings. The molecule has 2 atom stereocenters. The Morgan fingerprint density at radius 2 is 2.00 bits per heavy atom. The number of rotatable bonds is 3. The second-order valence-electron chi connectivity index (χ2n) is 5.70. The maximum Gasteiger partial charge on any atom is 0.309 e. The number of piperidine rings is 1. The van der Waals surface area contributed by atoms with Crippen LogP contribution in [0.3, 0.4) is 0 Å². The number of carbonyl (C=O) groups is 1. The third-order valence-corrected chi connectivity index (χ3v) is 3.95. The average molecular weight is 294 g/mol. The molecule has 2 rings (SSSR count). The quantitative estimate of drug-likeness (QED) is 0.835. The van der Waals surface area contributed by atoms with Gasteiger partial charge in [0.15, 0.2) is 0 Å². The predicted molar refractivity (Wildman–Crippen MR) is 79.8 cm³/mol. The monoisotopic (exact) mass is 294 g/mol. The summed E-state index contributed by atoms with van der Waals surface area (Å²) >= 11 is 0. The highest BCUT2D eigenvalue weighted by Gasteiger charge is 2.34. The van der Waals surface area contributed by atoms with Gasteiger partial charge in [-0.3, -0.25) is 4.79 Å². The molecule has 1 aromatic heterocycles. The molecule has 21 heavy (non-hydrogen) atoms. The van der Waals surface area contributed by atoms with E-state index < -0.39 is 18.0 Å². The van der Waals surface area contributed by atoms with Crippen LogP contribution in [0.2, 0.25) is 0 Å². The summed E-state index contributed by atoms with van der Waals surface area (Å²) < 4.78 is 0. The Bertz CT molecular complexity index is 547. The standard InChI is InChI=1S/C14H22N4O3/c1-8-9(2)15-14(17(3)4)16-12(8)18-6-5-10(13(20)21)11(19)7-18/h10-11,19H,5-7H2,1-4H3,(H,20,21)/t10-,11+/m0/s1. The lowest BCUT2D eigenvalue weighted by molar-refractivity contribution is -0.146. The molecule has 0 unspecified atom stereocenters. The molecule has 1 saturated heterocycles. The van der Waals surface area contributed by atoms with E-state index in [1.807, 2.05) is 37.7 Å². The van der Waals surface area contributed by atoms with Crippen molar-refractivity contribution in [2.24, 2.45) is 5.92 Å². The van der Waals surface area contributed by atoms with Crippen molar-refractivity contribution in [3.63, 3.8) is 0 Å². The van der Waals surface area contributed by atoms with E-state index in [2.05, 4.69) is 9.97 Å². The summed E-state index contributed by atoms with van der Waals surface area (Å²) in [5.74, 6) is -0.249. The first-order valence-electron chi connectivity index (χ1n) is 6.99. The van der Waals surface area contributed by atoms with Crippen LogP contribution in [-0.2, 0) is 4.79 Å². The molecule has 1 aromatic rings. The van der Waals surface area contributed by atoms with E-state index in [0.29, 0.717) is 18.9 Å². The fraction of sp³-hybridized carbons (Fsp3) is 0.643. The van der Waals surface area contributed by atoms with Crippen LogP contribution in [0.15, 0.2) is 0 Å². The number of nitrogens with zero attached hydrogens (tertiary/aromatic N) is 4. The lowest BCUT2D eigenvalue weighted by Crippen LogP contribution is -2.47. The molecule has 0 amide bonds. The van der Waals surface area contributed by atoms with Gasteiger partial charge in [-0.05, 0) is 20.3 Å². The van der Waals surface area contributed by atoms with Crippen LogP contribution in [-0.4, -0.2) is 59.4 Å². The Morgan fingerprint density at radius 3 is 2.52 bits per heavy atom. The molecule has 0 saturated carbocycles. The highest BCUT2D eigenvalue weighted by Crippen LogP contribution is 2.27. The van der Waals surface area contributed by atoms with E-state index in [1.54, 1.807) is 0 Å². The van der Waals surface area contributed by atoms with Crippen LogP contribution in [0.25, 0.3) is 0 Å². The SMILES string of the molecule is Cc1nc(N(C)C)nc(N2CC[C@H](C(=O)O)[C@H](O)C2)c1C. The summed E-state index contributed by atoms with van der Waals surface area (Å²) in [4.78, 5) is 23.8. The maximum absolute atomic E-state index is 11.1. The van der Waals surface area contributed by atoms with Gasteiger partial charge in [0, 0.05) is 38.4 Å². The van der Waals surface area contributed by atoms with Gasteiger partial charge in [0.25, 0.3) is 0 Å². The Morgan fingerprint density at radius 1 is 1.33 bits per heavy atom. The number of aromatic nitrogens is 2. The van der Waals surface area contributed by atoms with Crippen molar-refractivity contribution in [3.05, 3.63) is 11.3 Å². The summed E-state index contributed by atoms with van der Waals surface area (Å²) in [6.45, 7) is 4.72.